The van der Waals surface area contributed by atoms with Crippen LogP contribution in [0.5, 0.6) is 0 Å². The lowest BCUT2D eigenvalue weighted by atomic mass is 9.77. The first-order chi connectivity index (χ1) is 9.15. The van der Waals surface area contributed by atoms with Crippen molar-refractivity contribution in [1.29, 1.82) is 0 Å². The van der Waals surface area contributed by atoms with E-state index in [2.05, 4.69) is 37.8 Å². The number of ether oxygens (including phenoxy) is 1. The molecular weight excluding hydrogens is 254 g/mol. The zero-order valence-electron chi connectivity index (χ0n) is 12.9. The van der Waals surface area contributed by atoms with Crippen LogP contribution in [0.1, 0.15) is 52.9 Å². The summed E-state index contributed by atoms with van der Waals surface area (Å²) in [5.74, 6) is 4.19. The molecule has 2 rings (SSSR count). The molecule has 112 valence electrons. The Bertz CT molecular complexity index is 258. The quantitative estimate of drug-likeness (QED) is 0.832. The lowest BCUT2D eigenvalue weighted by Gasteiger charge is -2.45. The minimum atomic E-state index is 0.235. The van der Waals surface area contributed by atoms with E-state index in [0.717, 1.165) is 25.0 Å². The van der Waals surface area contributed by atoms with E-state index in [9.17, 15) is 0 Å². The number of rotatable bonds is 5. The van der Waals surface area contributed by atoms with Crippen LogP contribution in [0.15, 0.2) is 0 Å². The average Bonchev–Trinajstić information content (AvgIpc) is 2.39. The first-order valence-corrected chi connectivity index (χ1v) is 9.26. The molecule has 0 aliphatic carbocycles. The minimum Gasteiger partial charge on any atom is -0.375 e. The van der Waals surface area contributed by atoms with Gasteiger partial charge in [0.05, 0.1) is 5.60 Å². The van der Waals surface area contributed by atoms with Gasteiger partial charge in [-0.15, -0.1) is 0 Å². The van der Waals surface area contributed by atoms with Gasteiger partial charge >= 0.3 is 0 Å². The van der Waals surface area contributed by atoms with E-state index >= 15 is 0 Å². The molecule has 0 saturated carbocycles. The van der Waals surface area contributed by atoms with E-state index in [4.69, 9.17) is 4.74 Å². The Morgan fingerprint density at radius 1 is 1.32 bits per heavy atom. The van der Waals surface area contributed by atoms with Crippen molar-refractivity contribution in [2.45, 2.75) is 64.5 Å². The molecule has 2 aliphatic heterocycles. The normalized spacial score (nSPS) is 28.7. The summed E-state index contributed by atoms with van der Waals surface area (Å²) in [5.41, 5.74) is 0.235. The maximum Gasteiger partial charge on any atom is 0.0701 e. The fourth-order valence-electron chi connectivity index (χ4n) is 3.71. The van der Waals surface area contributed by atoms with Gasteiger partial charge in [0.25, 0.3) is 0 Å². The van der Waals surface area contributed by atoms with Crippen LogP contribution in [0.2, 0.25) is 0 Å². The lowest BCUT2D eigenvalue weighted by Crippen LogP contribution is -2.48. The van der Waals surface area contributed by atoms with Gasteiger partial charge in [0.15, 0.2) is 0 Å². The predicted molar refractivity (Wildman–Crippen MR) is 84.9 cm³/mol. The molecule has 3 heteroatoms. The van der Waals surface area contributed by atoms with Crippen LogP contribution < -0.4 is 5.32 Å². The first-order valence-electron chi connectivity index (χ1n) is 8.10. The molecule has 0 aromatic rings. The fraction of sp³-hybridized carbons (Fsp3) is 1.00. The van der Waals surface area contributed by atoms with Crippen molar-refractivity contribution in [3.05, 3.63) is 0 Å². The van der Waals surface area contributed by atoms with Crippen LogP contribution in [0.3, 0.4) is 0 Å². The van der Waals surface area contributed by atoms with Gasteiger partial charge in [0.2, 0.25) is 0 Å². The summed E-state index contributed by atoms with van der Waals surface area (Å²) in [5, 5.41) is 3.74. The summed E-state index contributed by atoms with van der Waals surface area (Å²) >= 11 is 2.10. The number of hydrogen-bond acceptors (Lipinski definition) is 3. The molecule has 0 amide bonds. The summed E-state index contributed by atoms with van der Waals surface area (Å²) in [7, 11) is 0. The molecule has 1 spiro atoms. The van der Waals surface area contributed by atoms with Gasteiger partial charge in [0.1, 0.15) is 0 Å². The molecule has 2 aliphatic rings. The second-order valence-corrected chi connectivity index (χ2v) is 7.92. The van der Waals surface area contributed by atoms with Gasteiger partial charge in [-0.25, -0.2) is 0 Å². The van der Waals surface area contributed by atoms with Gasteiger partial charge in [-0.1, -0.05) is 20.8 Å². The Balaban J connectivity index is 1.97. The lowest BCUT2D eigenvalue weighted by molar-refractivity contribution is -0.108. The van der Waals surface area contributed by atoms with Crippen molar-refractivity contribution in [3.8, 4) is 0 Å². The molecule has 19 heavy (non-hydrogen) atoms. The molecule has 2 nitrogen and oxygen atoms in total. The highest BCUT2D eigenvalue weighted by Gasteiger charge is 2.40. The Morgan fingerprint density at radius 3 is 2.68 bits per heavy atom. The van der Waals surface area contributed by atoms with E-state index in [-0.39, 0.29) is 5.60 Å². The highest BCUT2D eigenvalue weighted by molar-refractivity contribution is 7.99. The maximum atomic E-state index is 6.23. The number of thioether (sulfide) groups is 1. The van der Waals surface area contributed by atoms with Crippen molar-refractivity contribution in [2.24, 2.45) is 11.8 Å². The molecule has 2 atom stereocenters. The number of hydrogen-bond donors (Lipinski definition) is 1. The molecule has 0 aromatic carbocycles. The molecule has 0 bridgehead atoms. The molecule has 1 N–H and O–H groups in total. The Kier molecular flexibility index (Phi) is 6.04. The van der Waals surface area contributed by atoms with Crippen LogP contribution in [0.25, 0.3) is 0 Å². The monoisotopic (exact) mass is 285 g/mol. The average molecular weight is 285 g/mol. The second kappa shape index (κ2) is 7.33. The highest BCUT2D eigenvalue weighted by Crippen LogP contribution is 2.41. The van der Waals surface area contributed by atoms with Crippen LogP contribution in [0, 0.1) is 11.8 Å². The van der Waals surface area contributed by atoms with Crippen LogP contribution in [-0.2, 0) is 4.74 Å². The number of nitrogens with one attached hydrogen (secondary N) is 1. The molecule has 2 heterocycles. The maximum absolute atomic E-state index is 6.23. The topological polar surface area (TPSA) is 21.3 Å². The molecule has 0 aromatic heterocycles. The SMILES string of the molecule is CCNC(CC(C)C)C1CCOC2(CCSCC2)C1. The van der Waals surface area contributed by atoms with E-state index in [1.807, 2.05) is 0 Å². The standard InChI is InChI=1S/C16H31NOS/c1-4-17-15(11-13(2)3)14-5-8-18-16(12-14)6-9-19-10-7-16/h13-15,17H,4-12H2,1-3H3. The van der Waals surface area contributed by atoms with Crippen molar-refractivity contribution in [2.75, 3.05) is 24.7 Å². The van der Waals surface area contributed by atoms with Crippen molar-refractivity contribution < 1.29 is 4.74 Å². The largest absolute Gasteiger partial charge is 0.375 e. The van der Waals surface area contributed by atoms with Crippen LogP contribution in [-0.4, -0.2) is 36.3 Å². The summed E-state index contributed by atoms with van der Waals surface area (Å²) in [4.78, 5) is 0. The Labute approximate surface area is 123 Å². The van der Waals surface area contributed by atoms with E-state index in [0.29, 0.717) is 6.04 Å². The third kappa shape index (κ3) is 4.37. The van der Waals surface area contributed by atoms with Gasteiger partial charge in [-0.05, 0) is 62.0 Å². The summed E-state index contributed by atoms with van der Waals surface area (Å²) in [6, 6.07) is 0.695. The second-order valence-electron chi connectivity index (χ2n) is 6.69. The van der Waals surface area contributed by atoms with E-state index in [1.165, 1.54) is 43.6 Å². The van der Waals surface area contributed by atoms with E-state index in [1.54, 1.807) is 0 Å². The molecular formula is C16H31NOS. The summed E-state index contributed by atoms with van der Waals surface area (Å²) in [6.07, 6.45) is 6.39. The zero-order chi connectivity index (χ0) is 13.7. The van der Waals surface area contributed by atoms with Crippen molar-refractivity contribution in [1.82, 2.24) is 5.32 Å². The fourth-order valence-corrected chi connectivity index (χ4v) is 4.95. The van der Waals surface area contributed by atoms with Gasteiger partial charge in [-0.2, -0.15) is 11.8 Å². The Hall–Kier alpha value is 0.270. The van der Waals surface area contributed by atoms with Gasteiger partial charge in [0, 0.05) is 12.6 Å². The Morgan fingerprint density at radius 2 is 2.05 bits per heavy atom. The highest BCUT2D eigenvalue weighted by atomic mass is 32.2. The van der Waals surface area contributed by atoms with E-state index < -0.39 is 0 Å². The smallest absolute Gasteiger partial charge is 0.0701 e. The van der Waals surface area contributed by atoms with Crippen LogP contribution in [0.4, 0.5) is 0 Å². The third-order valence-electron chi connectivity index (χ3n) is 4.70. The summed E-state index contributed by atoms with van der Waals surface area (Å²) in [6.45, 7) is 9.00. The molecule has 2 saturated heterocycles. The molecule has 2 unspecified atom stereocenters. The van der Waals surface area contributed by atoms with Crippen molar-refractivity contribution >= 4 is 11.8 Å². The third-order valence-corrected chi connectivity index (χ3v) is 5.68. The minimum absolute atomic E-state index is 0.235. The zero-order valence-corrected chi connectivity index (χ0v) is 13.7. The summed E-state index contributed by atoms with van der Waals surface area (Å²) < 4.78 is 6.23. The van der Waals surface area contributed by atoms with Gasteiger partial charge in [-0.3, -0.25) is 0 Å². The predicted octanol–water partition coefficient (Wildman–Crippen LogP) is 3.70. The first kappa shape index (κ1) is 15.7. The molecule has 0 radical (unpaired) electrons. The molecule has 2 fully saturated rings. The van der Waals surface area contributed by atoms with Crippen molar-refractivity contribution in [3.63, 3.8) is 0 Å². The van der Waals surface area contributed by atoms with Gasteiger partial charge < -0.3 is 10.1 Å². The van der Waals surface area contributed by atoms with Crippen LogP contribution >= 0.6 is 11.8 Å².